The van der Waals surface area contributed by atoms with E-state index in [0.717, 1.165) is 38.3 Å². The van der Waals surface area contributed by atoms with Gasteiger partial charge in [0.15, 0.2) is 0 Å². The van der Waals surface area contributed by atoms with Crippen LogP contribution in [0.2, 0.25) is 0 Å². The summed E-state index contributed by atoms with van der Waals surface area (Å²) >= 11 is 0. The van der Waals surface area contributed by atoms with E-state index >= 15 is 0 Å². The van der Waals surface area contributed by atoms with Gasteiger partial charge >= 0.3 is 0 Å². The van der Waals surface area contributed by atoms with Crippen LogP contribution in [-0.2, 0) is 16.1 Å². The highest BCUT2D eigenvalue weighted by molar-refractivity contribution is 6.35. The van der Waals surface area contributed by atoms with E-state index in [0.29, 0.717) is 22.8 Å². The lowest BCUT2D eigenvalue weighted by atomic mass is 10.0. The molecule has 2 amide bonds. The van der Waals surface area contributed by atoms with Gasteiger partial charge in [0.05, 0.1) is 25.5 Å². The first-order valence-corrected chi connectivity index (χ1v) is 9.87. The van der Waals surface area contributed by atoms with Gasteiger partial charge in [-0.15, -0.1) is 0 Å². The van der Waals surface area contributed by atoms with E-state index < -0.39 is 0 Å². The highest BCUT2D eigenvalue weighted by Crippen LogP contribution is 2.33. The molecule has 0 N–H and O–H groups in total. The number of hydrogen-bond acceptors (Lipinski definition) is 6. The van der Waals surface area contributed by atoms with Crippen molar-refractivity contribution in [2.75, 3.05) is 39.8 Å². The molecule has 29 heavy (non-hydrogen) atoms. The third-order valence-corrected chi connectivity index (χ3v) is 5.55. The number of furan rings is 1. The molecule has 2 aromatic rings. The Hall–Kier alpha value is -3.06. The summed E-state index contributed by atoms with van der Waals surface area (Å²) in [4.78, 5) is 32.3. The molecule has 1 saturated heterocycles. The second kappa shape index (κ2) is 8.13. The number of nitrogens with zero attached hydrogens (tertiary/aromatic N) is 3. The summed E-state index contributed by atoms with van der Waals surface area (Å²) in [5, 5.41) is 0. The molecule has 2 aliphatic heterocycles. The minimum absolute atomic E-state index is 0.128. The second-order valence-electron chi connectivity index (χ2n) is 7.15. The Labute approximate surface area is 170 Å². The van der Waals surface area contributed by atoms with Gasteiger partial charge in [-0.1, -0.05) is 19.1 Å². The van der Waals surface area contributed by atoms with Crippen molar-refractivity contribution in [2.45, 2.75) is 13.5 Å². The minimum atomic E-state index is -0.288. The molecule has 0 aliphatic carbocycles. The Morgan fingerprint density at radius 3 is 2.31 bits per heavy atom. The zero-order chi connectivity index (χ0) is 20.4. The zero-order valence-electron chi connectivity index (χ0n) is 16.8. The van der Waals surface area contributed by atoms with Crippen LogP contribution in [0.5, 0.6) is 5.75 Å². The third-order valence-electron chi connectivity index (χ3n) is 5.55. The van der Waals surface area contributed by atoms with E-state index in [-0.39, 0.29) is 18.4 Å². The van der Waals surface area contributed by atoms with E-state index in [1.807, 2.05) is 29.2 Å². The number of hydrogen-bond donors (Lipinski definition) is 0. The highest BCUT2D eigenvalue weighted by Gasteiger charge is 2.42. The van der Waals surface area contributed by atoms with Crippen LogP contribution in [0.1, 0.15) is 18.2 Å². The van der Waals surface area contributed by atoms with Crippen molar-refractivity contribution in [3.05, 3.63) is 59.7 Å². The van der Waals surface area contributed by atoms with Gasteiger partial charge in [-0.2, -0.15) is 0 Å². The summed E-state index contributed by atoms with van der Waals surface area (Å²) in [6.45, 7) is 6.42. The SMILES string of the molecule is CCN1CCN(C2=C(c3ccc(OC)cc3)C(=O)N(Cc3ccco3)C2=O)CC1. The van der Waals surface area contributed by atoms with Gasteiger partial charge in [-0.05, 0) is 36.4 Å². The Morgan fingerprint density at radius 1 is 1.00 bits per heavy atom. The third kappa shape index (κ3) is 3.65. The molecule has 1 aromatic heterocycles. The number of amides is 2. The molecular formula is C22H25N3O4. The molecule has 7 nitrogen and oxygen atoms in total. The maximum absolute atomic E-state index is 13.3. The number of methoxy groups -OCH3 is 1. The Kier molecular flexibility index (Phi) is 5.40. The van der Waals surface area contributed by atoms with Crippen molar-refractivity contribution in [2.24, 2.45) is 0 Å². The summed E-state index contributed by atoms with van der Waals surface area (Å²) in [7, 11) is 1.60. The fourth-order valence-electron chi connectivity index (χ4n) is 3.86. The molecule has 0 spiro atoms. The van der Waals surface area contributed by atoms with Crippen LogP contribution < -0.4 is 4.74 Å². The monoisotopic (exact) mass is 395 g/mol. The number of carbonyl (C=O) groups excluding carboxylic acids is 2. The standard InChI is InChI=1S/C22H25N3O4/c1-3-23-10-12-24(13-11-23)20-19(16-6-8-17(28-2)9-7-16)21(26)25(22(20)27)15-18-5-4-14-29-18/h4-9,14H,3,10-13,15H2,1-2H3. The van der Waals surface area contributed by atoms with Crippen molar-refractivity contribution < 1.29 is 18.7 Å². The molecular weight excluding hydrogens is 370 g/mol. The predicted molar refractivity (Wildman–Crippen MR) is 108 cm³/mol. The average Bonchev–Trinajstić information content (AvgIpc) is 3.36. The second-order valence-corrected chi connectivity index (χ2v) is 7.15. The number of likely N-dealkylation sites (N-methyl/N-ethyl adjacent to an activating group) is 1. The first-order valence-electron chi connectivity index (χ1n) is 9.87. The lowest BCUT2D eigenvalue weighted by Gasteiger charge is -2.35. The van der Waals surface area contributed by atoms with Crippen molar-refractivity contribution in [1.29, 1.82) is 0 Å². The predicted octanol–water partition coefficient (Wildman–Crippen LogP) is 2.21. The van der Waals surface area contributed by atoms with Crippen LogP contribution in [0.3, 0.4) is 0 Å². The normalized spacial score (nSPS) is 18.1. The van der Waals surface area contributed by atoms with Gasteiger partial charge in [0.1, 0.15) is 17.2 Å². The van der Waals surface area contributed by atoms with Crippen LogP contribution in [0.4, 0.5) is 0 Å². The number of rotatable bonds is 6. The van der Waals surface area contributed by atoms with E-state index in [9.17, 15) is 9.59 Å². The first-order chi connectivity index (χ1) is 14.1. The Bertz CT molecular complexity index is 910. The van der Waals surface area contributed by atoms with Gasteiger partial charge in [0.25, 0.3) is 11.8 Å². The average molecular weight is 395 g/mol. The Morgan fingerprint density at radius 2 is 1.72 bits per heavy atom. The van der Waals surface area contributed by atoms with Crippen LogP contribution in [0.25, 0.3) is 5.57 Å². The fourth-order valence-corrected chi connectivity index (χ4v) is 3.86. The van der Waals surface area contributed by atoms with E-state index in [1.165, 1.54) is 4.90 Å². The molecule has 1 aromatic carbocycles. The molecule has 0 unspecified atom stereocenters. The number of piperazine rings is 1. The quantitative estimate of drug-likeness (QED) is 0.699. The zero-order valence-corrected chi connectivity index (χ0v) is 16.8. The van der Waals surface area contributed by atoms with Crippen molar-refractivity contribution in [1.82, 2.24) is 14.7 Å². The summed E-state index contributed by atoms with van der Waals surface area (Å²) in [6, 6.07) is 10.8. The summed E-state index contributed by atoms with van der Waals surface area (Å²) < 4.78 is 10.6. The van der Waals surface area contributed by atoms with Gasteiger partial charge < -0.3 is 19.0 Å². The number of ether oxygens (including phenoxy) is 1. The summed E-state index contributed by atoms with van der Waals surface area (Å²) in [5.41, 5.74) is 1.66. The maximum Gasteiger partial charge on any atom is 0.278 e. The number of imide groups is 1. The molecule has 0 radical (unpaired) electrons. The molecule has 3 heterocycles. The number of benzene rings is 1. The lowest BCUT2D eigenvalue weighted by Crippen LogP contribution is -2.47. The van der Waals surface area contributed by atoms with Crippen molar-refractivity contribution >= 4 is 17.4 Å². The van der Waals surface area contributed by atoms with Gasteiger partial charge in [-0.3, -0.25) is 14.5 Å². The van der Waals surface area contributed by atoms with Gasteiger partial charge in [0.2, 0.25) is 0 Å². The number of carbonyl (C=O) groups is 2. The molecule has 152 valence electrons. The Balaban J connectivity index is 1.70. The topological polar surface area (TPSA) is 66.2 Å². The largest absolute Gasteiger partial charge is 0.497 e. The molecule has 0 saturated carbocycles. The maximum atomic E-state index is 13.3. The minimum Gasteiger partial charge on any atom is -0.497 e. The molecule has 1 fully saturated rings. The molecule has 4 rings (SSSR count). The molecule has 0 bridgehead atoms. The van der Waals surface area contributed by atoms with Crippen LogP contribution >= 0.6 is 0 Å². The summed E-state index contributed by atoms with van der Waals surface area (Å²) in [6.07, 6.45) is 1.54. The van der Waals surface area contributed by atoms with E-state index in [4.69, 9.17) is 9.15 Å². The van der Waals surface area contributed by atoms with Crippen LogP contribution in [-0.4, -0.2) is 66.3 Å². The highest BCUT2D eigenvalue weighted by atomic mass is 16.5. The smallest absolute Gasteiger partial charge is 0.278 e. The lowest BCUT2D eigenvalue weighted by molar-refractivity contribution is -0.138. The molecule has 2 aliphatic rings. The van der Waals surface area contributed by atoms with Gasteiger partial charge in [-0.25, -0.2) is 0 Å². The molecule has 0 atom stereocenters. The van der Waals surface area contributed by atoms with E-state index in [2.05, 4.69) is 11.8 Å². The van der Waals surface area contributed by atoms with Crippen LogP contribution in [0, 0.1) is 0 Å². The fraction of sp³-hybridized carbons (Fsp3) is 0.364. The molecule has 7 heteroatoms. The first kappa shape index (κ1) is 19.3. The summed E-state index contributed by atoms with van der Waals surface area (Å²) in [5.74, 6) is 0.737. The van der Waals surface area contributed by atoms with Crippen LogP contribution in [0.15, 0.2) is 52.8 Å². The van der Waals surface area contributed by atoms with Gasteiger partial charge in [0, 0.05) is 26.2 Å². The van der Waals surface area contributed by atoms with Crippen molar-refractivity contribution in [3.8, 4) is 5.75 Å². The van der Waals surface area contributed by atoms with E-state index in [1.54, 1.807) is 25.5 Å². The van der Waals surface area contributed by atoms with Crippen molar-refractivity contribution in [3.63, 3.8) is 0 Å².